The zero-order valence-corrected chi connectivity index (χ0v) is 8.99. The molecular formula is C10H15N3O2. The molecule has 2 rings (SSSR count). The van der Waals surface area contributed by atoms with Crippen LogP contribution in [0.5, 0.6) is 0 Å². The third-order valence-corrected chi connectivity index (χ3v) is 2.83. The fourth-order valence-electron chi connectivity index (χ4n) is 1.82. The van der Waals surface area contributed by atoms with Crippen LogP contribution < -0.4 is 5.32 Å². The molecule has 0 aromatic carbocycles. The number of nitrogens with one attached hydrogen (secondary N) is 1. The van der Waals surface area contributed by atoms with Crippen LogP contribution in [0.25, 0.3) is 0 Å². The maximum absolute atomic E-state index is 12.0. The Kier molecular flexibility index (Phi) is 2.73. The number of aryl methyl sites for hydroxylation is 1. The summed E-state index contributed by atoms with van der Waals surface area (Å²) in [6.07, 6.45) is 2.56. The number of hydrogen-bond acceptors (Lipinski definition) is 4. The number of likely N-dealkylation sites (tertiary alicyclic amines) is 1. The molecule has 0 aliphatic carbocycles. The summed E-state index contributed by atoms with van der Waals surface area (Å²) in [6.45, 7) is 3.36. The van der Waals surface area contributed by atoms with E-state index in [1.165, 1.54) is 0 Å². The number of aromatic nitrogens is 1. The standard InChI is InChI=1S/C10H15N3O2/c1-7-5-12-15-9(7)10(14)13-4-3-8(6-13)11-2/h5,8,11H,3-4,6H2,1-2H3. The molecule has 0 saturated carbocycles. The van der Waals surface area contributed by atoms with Crippen LogP contribution in [0.1, 0.15) is 22.5 Å². The predicted molar refractivity (Wildman–Crippen MR) is 54.6 cm³/mol. The molecule has 82 valence electrons. The Morgan fingerprint density at radius 2 is 2.53 bits per heavy atom. The van der Waals surface area contributed by atoms with E-state index in [-0.39, 0.29) is 5.91 Å². The molecule has 1 unspecified atom stereocenters. The van der Waals surface area contributed by atoms with Crippen molar-refractivity contribution in [2.45, 2.75) is 19.4 Å². The van der Waals surface area contributed by atoms with Crippen LogP contribution in [0.4, 0.5) is 0 Å². The summed E-state index contributed by atoms with van der Waals surface area (Å²) < 4.78 is 4.95. The normalized spacial score (nSPS) is 20.9. The predicted octanol–water partition coefficient (Wildman–Crippen LogP) is 0.417. The summed E-state index contributed by atoms with van der Waals surface area (Å²) in [5, 5.41) is 6.78. The molecule has 5 nitrogen and oxygen atoms in total. The topological polar surface area (TPSA) is 58.4 Å². The third kappa shape index (κ3) is 1.87. The fourth-order valence-corrected chi connectivity index (χ4v) is 1.82. The van der Waals surface area contributed by atoms with Crippen LogP contribution in [0.2, 0.25) is 0 Å². The molecule has 15 heavy (non-hydrogen) atoms. The summed E-state index contributed by atoms with van der Waals surface area (Å²) in [5.41, 5.74) is 0.799. The molecule has 1 saturated heterocycles. The molecule has 1 aromatic heterocycles. The van der Waals surface area contributed by atoms with Crippen LogP contribution in [0, 0.1) is 6.92 Å². The van der Waals surface area contributed by atoms with Crippen LogP contribution in [0.15, 0.2) is 10.7 Å². The number of likely N-dealkylation sites (N-methyl/N-ethyl adjacent to an activating group) is 1. The lowest BCUT2D eigenvalue weighted by molar-refractivity contribution is 0.0747. The van der Waals surface area contributed by atoms with Gasteiger partial charge in [0, 0.05) is 24.7 Å². The highest BCUT2D eigenvalue weighted by Gasteiger charge is 2.28. The van der Waals surface area contributed by atoms with Crippen molar-refractivity contribution in [2.24, 2.45) is 0 Å². The average Bonchev–Trinajstić information content (AvgIpc) is 2.84. The first-order valence-corrected chi connectivity index (χ1v) is 5.10. The monoisotopic (exact) mass is 209 g/mol. The Balaban J connectivity index is 2.07. The van der Waals surface area contributed by atoms with E-state index in [1.807, 2.05) is 14.0 Å². The molecule has 1 amide bonds. The molecule has 1 aromatic rings. The van der Waals surface area contributed by atoms with E-state index in [0.29, 0.717) is 11.8 Å². The number of rotatable bonds is 2. The van der Waals surface area contributed by atoms with Crippen molar-refractivity contribution in [2.75, 3.05) is 20.1 Å². The van der Waals surface area contributed by atoms with Crippen molar-refractivity contribution in [1.29, 1.82) is 0 Å². The highest BCUT2D eigenvalue weighted by atomic mass is 16.5. The Morgan fingerprint density at radius 1 is 1.73 bits per heavy atom. The SMILES string of the molecule is CNC1CCN(C(=O)c2oncc2C)C1. The van der Waals surface area contributed by atoms with Gasteiger partial charge >= 0.3 is 0 Å². The van der Waals surface area contributed by atoms with Gasteiger partial charge in [-0.15, -0.1) is 0 Å². The van der Waals surface area contributed by atoms with Gasteiger partial charge in [-0.1, -0.05) is 5.16 Å². The van der Waals surface area contributed by atoms with E-state index in [2.05, 4.69) is 10.5 Å². The zero-order chi connectivity index (χ0) is 10.8. The van der Waals surface area contributed by atoms with Gasteiger partial charge in [0.25, 0.3) is 5.91 Å². The second-order valence-corrected chi connectivity index (χ2v) is 3.86. The lowest BCUT2D eigenvalue weighted by Crippen LogP contribution is -2.33. The molecule has 0 radical (unpaired) electrons. The largest absolute Gasteiger partial charge is 0.351 e. The number of carbonyl (C=O) groups is 1. The summed E-state index contributed by atoms with van der Waals surface area (Å²) >= 11 is 0. The molecule has 0 spiro atoms. The minimum Gasteiger partial charge on any atom is -0.351 e. The first kappa shape index (κ1) is 10.2. The summed E-state index contributed by atoms with van der Waals surface area (Å²) in [6, 6.07) is 0.400. The van der Waals surface area contributed by atoms with Gasteiger partial charge in [0.15, 0.2) is 0 Å². The van der Waals surface area contributed by atoms with Gasteiger partial charge < -0.3 is 14.7 Å². The summed E-state index contributed by atoms with van der Waals surface area (Å²) in [4.78, 5) is 13.8. The Morgan fingerprint density at radius 3 is 3.07 bits per heavy atom. The Hall–Kier alpha value is -1.36. The van der Waals surface area contributed by atoms with Crippen molar-refractivity contribution in [1.82, 2.24) is 15.4 Å². The van der Waals surface area contributed by atoms with Crippen LogP contribution in [-0.4, -0.2) is 42.1 Å². The number of carbonyl (C=O) groups excluding carboxylic acids is 1. The molecule has 1 aliphatic rings. The lowest BCUT2D eigenvalue weighted by atomic mass is 10.2. The van der Waals surface area contributed by atoms with E-state index in [4.69, 9.17) is 4.52 Å². The smallest absolute Gasteiger partial charge is 0.292 e. The first-order chi connectivity index (χ1) is 7.22. The summed E-state index contributed by atoms with van der Waals surface area (Å²) in [5.74, 6) is 0.314. The molecule has 1 N–H and O–H groups in total. The molecule has 5 heteroatoms. The van der Waals surface area contributed by atoms with Crippen LogP contribution >= 0.6 is 0 Å². The van der Waals surface area contributed by atoms with E-state index >= 15 is 0 Å². The molecular weight excluding hydrogens is 194 g/mol. The van der Waals surface area contributed by atoms with Gasteiger partial charge in [-0.25, -0.2) is 0 Å². The van der Waals surface area contributed by atoms with Gasteiger partial charge in [0.05, 0.1) is 6.20 Å². The van der Waals surface area contributed by atoms with Crippen molar-refractivity contribution in [3.63, 3.8) is 0 Å². The highest BCUT2D eigenvalue weighted by molar-refractivity contribution is 5.92. The first-order valence-electron chi connectivity index (χ1n) is 5.10. The van der Waals surface area contributed by atoms with Gasteiger partial charge in [-0.05, 0) is 20.4 Å². The summed E-state index contributed by atoms with van der Waals surface area (Å²) in [7, 11) is 1.92. The quantitative estimate of drug-likeness (QED) is 0.766. The molecule has 1 fully saturated rings. The van der Waals surface area contributed by atoms with Crippen molar-refractivity contribution in [3.05, 3.63) is 17.5 Å². The second-order valence-electron chi connectivity index (χ2n) is 3.86. The number of amides is 1. The van der Waals surface area contributed by atoms with Gasteiger partial charge in [0.2, 0.25) is 5.76 Å². The molecule has 2 heterocycles. The van der Waals surface area contributed by atoms with Gasteiger partial charge in [-0.2, -0.15) is 0 Å². The third-order valence-electron chi connectivity index (χ3n) is 2.83. The van der Waals surface area contributed by atoms with Crippen molar-refractivity contribution >= 4 is 5.91 Å². The maximum Gasteiger partial charge on any atom is 0.292 e. The Labute approximate surface area is 88.4 Å². The molecule has 0 bridgehead atoms. The zero-order valence-electron chi connectivity index (χ0n) is 8.99. The average molecular weight is 209 g/mol. The molecule has 1 atom stereocenters. The van der Waals surface area contributed by atoms with E-state index in [0.717, 1.165) is 25.1 Å². The van der Waals surface area contributed by atoms with Crippen LogP contribution in [0.3, 0.4) is 0 Å². The fraction of sp³-hybridized carbons (Fsp3) is 0.600. The van der Waals surface area contributed by atoms with Gasteiger partial charge in [-0.3, -0.25) is 4.79 Å². The second kappa shape index (κ2) is 4.02. The van der Waals surface area contributed by atoms with E-state index in [1.54, 1.807) is 11.1 Å². The van der Waals surface area contributed by atoms with Crippen LogP contribution in [-0.2, 0) is 0 Å². The van der Waals surface area contributed by atoms with E-state index in [9.17, 15) is 4.79 Å². The minimum absolute atomic E-state index is 0.0530. The van der Waals surface area contributed by atoms with E-state index < -0.39 is 0 Å². The maximum atomic E-state index is 12.0. The van der Waals surface area contributed by atoms with Gasteiger partial charge in [0.1, 0.15) is 0 Å². The molecule has 1 aliphatic heterocycles. The number of nitrogens with zero attached hydrogens (tertiary/aromatic N) is 2. The highest BCUT2D eigenvalue weighted by Crippen LogP contribution is 2.15. The van der Waals surface area contributed by atoms with Crippen molar-refractivity contribution < 1.29 is 9.32 Å². The number of hydrogen-bond donors (Lipinski definition) is 1. The minimum atomic E-state index is -0.0530. The Bertz CT molecular complexity index is 361. The lowest BCUT2D eigenvalue weighted by Gasteiger charge is -2.14. The van der Waals surface area contributed by atoms with Crippen molar-refractivity contribution in [3.8, 4) is 0 Å².